The van der Waals surface area contributed by atoms with E-state index in [-0.39, 0.29) is 18.7 Å². The van der Waals surface area contributed by atoms with Gasteiger partial charge in [0.25, 0.3) is 0 Å². The second-order valence-electron chi connectivity index (χ2n) is 3.02. The summed E-state index contributed by atoms with van der Waals surface area (Å²) in [6, 6.07) is 5.72. The summed E-state index contributed by atoms with van der Waals surface area (Å²) >= 11 is 2.99. The van der Waals surface area contributed by atoms with E-state index < -0.39 is 11.7 Å². The van der Waals surface area contributed by atoms with Gasteiger partial charge in [0.2, 0.25) is 0 Å². The lowest BCUT2D eigenvalue weighted by Gasteiger charge is -2.14. The normalized spacial score (nSPS) is 10.9. The fourth-order valence-electron chi connectivity index (χ4n) is 1.16. The van der Waals surface area contributed by atoms with E-state index in [1.807, 2.05) is 6.07 Å². The molecule has 0 spiro atoms. The average molecular weight is 293 g/mol. The Labute approximate surface area is 99.2 Å². The topological polar surface area (TPSA) is 35.8 Å². The maximum Gasteiger partial charge on any atom is 0.418 e. The molecular weight excluding hydrogens is 285 g/mol. The summed E-state index contributed by atoms with van der Waals surface area (Å²) in [7, 11) is 0. The van der Waals surface area contributed by atoms with Gasteiger partial charge in [-0.1, -0.05) is 15.9 Å². The number of nitriles is 1. The summed E-state index contributed by atoms with van der Waals surface area (Å²) in [5, 5.41) is 10.9. The van der Waals surface area contributed by atoms with Crippen molar-refractivity contribution in [3.05, 3.63) is 28.2 Å². The molecule has 0 unspecified atom stereocenters. The summed E-state index contributed by atoms with van der Waals surface area (Å²) in [5.41, 5.74) is -0.745. The minimum Gasteiger partial charge on any atom is -0.384 e. The Kier molecular flexibility index (Phi) is 4.19. The quantitative estimate of drug-likeness (QED) is 0.861. The van der Waals surface area contributed by atoms with Gasteiger partial charge in [-0.2, -0.15) is 18.4 Å². The van der Waals surface area contributed by atoms with Crippen LogP contribution in [0.15, 0.2) is 22.7 Å². The molecule has 1 aromatic rings. The molecule has 0 saturated carbocycles. The first-order chi connectivity index (χ1) is 7.45. The summed E-state index contributed by atoms with van der Waals surface area (Å²) in [5.74, 6) is 0. The van der Waals surface area contributed by atoms with E-state index in [1.54, 1.807) is 0 Å². The van der Waals surface area contributed by atoms with Gasteiger partial charge in [0, 0.05) is 16.7 Å². The molecule has 16 heavy (non-hydrogen) atoms. The summed E-state index contributed by atoms with van der Waals surface area (Å²) in [6.45, 7) is 0.196. The van der Waals surface area contributed by atoms with Crippen LogP contribution in [0.1, 0.15) is 12.0 Å². The number of nitrogens with zero attached hydrogens (tertiary/aromatic N) is 1. The van der Waals surface area contributed by atoms with Crippen molar-refractivity contribution in [3.63, 3.8) is 0 Å². The Morgan fingerprint density at radius 1 is 1.38 bits per heavy atom. The number of rotatable bonds is 3. The average Bonchev–Trinajstić information content (AvgIpc) is 2.19. The molecule has 0 bridgehead atoms. The van der Waals surface area contributed by atoms with Gasteiger partial charge in [0.15, 0.2) is 0 Å². The van der Waals surface area contributed by atoms with E-state index in [0.717, 1.165) is 6.07 Å². The van der Waals surface area contributed by atoms with Crippen molar-refractivity contribution in [2.24, 2.45) is 0 Å². The van der Waals surface area contributed by atoms with Crippen LogP contribution in [0.3, 0.4) is 0 Å². The fourth-order valence-corrected chi connectivity index (χ4v) is 1.52. The maximum absolute atomic E-state index is 12.6. The van der Waals surface area contributed by atoms with Crippen LogP contribution in [-0.2, 0) is 6.18 Å². The van der Waals surface area contributed by atoms with E-state index in [9.17, 15) is 13.2 Å². The van der Waals surface area contributed by atoms with Crippen LogP contribution in [0.4, 0.5) is 18.9 Å². The fraction of sp³-hybridized carbons (Fsp3) is 0.300. The standard InChI is InChI=1S/C10H8BrF3N2/c11-7-2-3-9(16-5-1-4-15)8(6-7)10(12,13)14/h2-3,6,16H,1,5H2. The van der Waals surface area contributed by atoms with Gasteiger partial charge >= 0.3 is 6.18 Å². The highest BCUT2D eigenvalue weighted by Gasteiger charge is 2.33. The molecule has 0 heterocycles. The molecule has 2 nitrogen and oxygen atoms in total. The number of alkyl halides is 3. The van der Waals surface area contributed by atoms with Crippen molar-refractivity contribution in [2.45, 2.75) is 12.6 Å². The molecule has 0 fully saturated rings. The zero-order chi connectivity index (χ0) is 12.2. The van der Waals surface area contributed by atoms with Crippen LogP contribution in [0, 0.1) is 11.3 Å². The predicted molar refractivity (Wildman–Crippen MR) is 57.9 cm³/mol. The third-order valence-corrected chi connectivity index (χ3v) is 2.33. The molecule has 0 saturated heterocycles. The Hall–Kier alpha value is -1.22. The molecular formula is C10H8BrF3N2. The molecule has 0 amide bonds. The number of anilines is 1. The zero-order valence-corrected chi connectivity index (χ0v) is 9.69. The molecule has 86 valence electrons. The van der Waals surface area contributed by atoms with E-state index in [1.165, 1.54) is 12.1 Å². The number of hydrogen-bond acceptors (Lipinski definition) is 2. The third-order valence-electron chi connectivity index (χ3n) is 1.84. The van der Waals surface area contributed by atoms with Crippen LogP contribution in [0.2, 0.25) is 0 Å². The maximum atomic E-state index is 12.6. The Morgan fingerprint density at radius 2 is 2.06 bits per heavy atom. The number of benzene rings is 1. The van der Waals surface area contributed by atoms with Crippen molar-refractivity contribution in [1.82, 2.24) is 0 Å². The van der Waals surface area contributed by atoms with Gasteiger partial charge in [-0.05, 0) is 18.2 Å². The molecule has 1 N–H and O–H groups in total. The van der Waals surface area contributed by atoms with E-state index in [4.69, 9.17) is 5.26 Å². The summed E-state index contributed by atoms with van der Waals surface area (Å²) in [6.07, 6.45) is -4.24. The van der Waals surface area contributed by atoms with Crippen molar-refractivity contribution in [3.8, 4) is 6.07 Å². The molecule has 1 rings (SSSR count). The first-order valence-electron chi connectivity index (χ1n) is 4.42. The van der Waals surface area contributed by atoms with Gasteiger partial charge in [-0.15, -0.1) is 0 Å². The first kappa shape index (κ1) is 12.8. The molecule has 0 aliphatic rings. The highest BCUT2D eigenvalue weighted by atomic mass is 79.9. The third kappa shape index (κ3) is 3.42. The lowest BCUT2D eigenvalue weighted by Crippen LogP contribution is -2.11. The second kappa shape index (κ2) is 5.21. The van der Waals surface area contributed by atoms with E-state index in [0.29, 0.717) is 4.47 Å². The van der Waals surface area contributed by atoms with E-state index >= 15 is 0 Å². The SMILES string of the molecule is N#CCCNc1ccc(Br)cc1C(F)(F)F. The molecule has 0 aliphatic carbocycles. The van der Waals surface area contributed by atoms with Crippen LogP contribution >= 0.6 is 15.9 Å². The molecule has 0 radical (unpaired) electrons. The van der Waals surface area contributed by atoms with Gasteiger partial charge in [0.05, 0.1) is 18.1 Å². The van der Waals surface area contributed by atoms with Gasteiger partial charge in [-0.25, -0.2) is 0 Å². The highest BCUT2D eigenvalue weighted by Crippen LogP contribution is 2.36. The Morgan fingerprint density at radius 3 is 2.62 bits per heavy atom. The Bertz CT molecular complexity index is 410. The van der Waals surface area contributed by atoms with Gasteiger partial charge in [0.1, 0.15) is 0 Å². The molecule has 0 aliphatic heterocycles. The highest BCUT2D eigenvalue weighted by molar-refractivity contribution is 9.10. The van der Waals surface area contributed by atoms with Gasteiger partial charge in [-0.3, -0.25) is 0 Å². The minimum atomic E-state index is -4.40. The zero-order valence-electron chi connectivity index (χ0n) is 8.11. The minimum absolute atomic E-state index is 0.00838. The second-order valence-corrected chi connectivity index (χ2v) is 3.94. The Balaban J connectivity index is 2.95. The van der Waals surface area contributed by atoms with Gasteiger partial charge < -0.3 is 5.32 Å². The van der Waals surface area contributed by atoms with Crippen molar-refractivity contribution in [2.75, 3.05) is 11.9 Å². The monoisotopic (exact) mass is 292 g/mol. The molecule has 1 aromatic carbocycles. The predicted octanol–water partition coefficient (Wildman–Crippen LogP) is 3.79. The van der Waals surface area contributed by atoms with Crippen molar-refractivity contribution >= 4 is 21.6 Å². The molecule has 0 aromatic heterocycles. The van der Waals surface area contributed by atoms with E-state index in [2.05, 4.69) is 21.2 Å². The number of halogens is 4. The van der Waals surface area contributed by atoms with Crippen molar-refractivity contribution in [1.29, 1.82) is 5.26 Å². The van der Waals surface area contributed by atoms with Crippen LogP contribution in [-0.4, -0.2) is 6.54 Å². The summed E-state index contributed by atoms with van der Waals surface area (Å²) in [4.78, 5) is 0. The smallest absolute Gasteiger partial charge is 0.384 e. The molecule has 0 atom stereocenters. The lowest BCUT2D eigenvalue weighted by atomic mass is 10.1. The van der Waals surface area contributed by atoms with Crippen molar-refractivity contribution < 1.29 is 13.2 Å². The first-order valence-corrected chi connectivity index (χ1v) is 5.22. The molecule has 6 heteroatoms. The largest absolute Gasteiger partial charge is 0.418 e. The lowest BCUT2D eigenvalue weighted by molar-refractivity contribution is -0.137. The summed E-state index contributed by atoms with van der Waals surface area (Å²) < 4.78 is 38.2. The number of nitrogens with one attached hydrogen (secondary N) is 1. The van der Waals surface area contributed by atoms with Crippen LogP contribution in [0.5, 0.6) is 0 Å². The van der Waals surface area contributed by atoms with Crippen LogP contribution in [0.25, 0.3) is 0 Å². The number of hydrogen-bond donors (Lipinski definition) is 1. The van der Waals surface area contributed by atoms with Crippen LogP contribution < -0.4 is 5.32 Å².